The quantitative estimate of drug-likeness (QED) is 0.350. The lowest BCUT2D eigenvalue weighted by Gasteiger charge is -2.26. The lowest BCUT2D eigenvalue weighted by Crippen LogP contribution is -2.25. The van der Waals surface area contributed by atoms with Crippen LogP contribution in [0.3, 0.4) is 0 Å². The highest BCUT2D eigenvalue weighted by Crippen LogP contribution is 2.35. The van der Waals surface area contributed by atoms with Crippen LogP contribution in [-0.2, 0) is 29.2 Å². The first-order valence-corrected chi connectivity index (χ1v) is 14.7. The van der Waals surface area contributed by atoms with Crippen molar-refractivity contribution in [3.05, 3.63) is 71.0 Å². The molecule has 0 spiro atoms. The Bertz CT molecular complexity index is 1390. The van der Waals surface area contributed by atoms with E-state index in [-0.39, 0.29) is 12.6 Å². The number of hydrogen-bond acceptors (Lipinski definition) is 6. The molecule has 2 N–H and O–H groups in total. The van der Waals surface area contributed by atoms with Crippen LogP contribution >= 0.6 is 0 Å². The summed E-state index contributed by atoms with van der Waals surface area (Å²) in [5.74, 6) is 0.859. The van der Waals surface area contributed by atoms with Crippen molar-refractivity contribution in [2.75, 3.05) is 13.2 Å². The van der Waals surface area contributed by atoms with Crippen molar-refractivity contribution in [2.24, 2.45) is 0 Å². The highest BCUT2D eigenvalue weighted by atomic mass is 32.2. The number of fused-ring (bicyclic) bond motifs is 1. The minimum Gasteiger partial charge on any atom is -0.493 e. The Balaban J connectivity index is 1.15. The predicted molar refractivity (Wildman–Crippen MR) is 139 cm³/mol. The number of nitrogens with zero attached hydrogens (tertiary/aromatic N) is 3. The van der Waals surface area contributed by atoms with E-state index in [0.717, 1.165) is 42.5 Å². The molecule has 1 aliphatic heterocycles. The Morgan fingerprint density at radius 2 is 1.90 bits per heavy atom. The molecule has 0 saturated heterocycles. The zero-order valence-corrected chi connectivity index (χ0v) is 22.3. The van der Waals surface area contributed by atoms with Gasteiger partial charge in [0.05, 0.1) is 28.8 Å². The molecule has 0 amide bonds. The third kappa shape index (κ3) is 6.79. The minimum absolute atomic E-state index is 0.00810. The molecular weight excluding hydrogens is 531 g/mol. The molecule has 1 aliphatic carbocycles. The molecule has 0 radical (unpaired) electrons. The number of aryl methyl sites for hydroxylation is 1. The summed E-state index contributed by atoms with van der Waals surface area (Å²) in [6.45, 7) is 1.45. The first kappa shape index (κ1) is 27.6. The van der Waals surface area contributed by atoms with Gasteiger partial charge >= 0.3 is 6.18 Å². The van der Waals surface area contributed by atoms with Gasteiger partial charge in [0.25, 0.3) is 0 Å². The molecule has 3 aromatic rings. The second-order valence-electron chi connectivity index (χ2n) is 10.1. The van der Waals surface area contributed by atoms with E-state index in [9.17, 15) is 21.6 Å². The van der Waals surface area contributed by atoms with Crippen molar-refractivity contribution < 1.29 is 26.3 Å². The molecule has 5 rings (SSSR count). The fraction of sp³-hybridized carbons (Fsp3) is 0.481. The van der Waals surface area contributed by atoms with E-state index in [1.165, 1.54) is 31.2 Å². The maximum Gasteiger partial charge on any atom is 0.416 e. The van der Waals surface area contributed by atoms with Crippen molar-refractivity contribution in [1.82, 2.24) is 25.0 Å². The van der Waals surface area contributed by atoms with Crippen LogP contribution in [0.2, 0.25) is 0 Å². The first-order chi connectivity index (χ1) is 18.7. The molecule has 1 unspecified atom stereocenters. The lowest BCUT2D eigenvalue weighted by molar-refractivity contribution is -0.137. The number of hydrogen-bond donors (Lipinski definition) is 2. The van der Waals surface area contributed by atoms with Crippen LogP contribution in [0.25, 0.3) is 0 Å². The van der Waals surface area contributed by atoms with Crippen LogP contribution in [0.1, 0.15) is 67.0 Å². The molecular formula is C27H32F3N5O3S. The fourth-order valence-electron chi connectivity index (χ4n) is 5.17. The SMILES string of the molecule is O=S(=O)(NCCCc1cn(C2CCOc3cc(CNC4CCCC4)ccc32)nn1)c1cccc(C(F)(F)F)c1. The van der Waals surface area contributed by atoms with Gasteiger partial charge in [-0.3, -0.25) is 0 Å². The summed E-state index contributed by atoms with van der Waals surface area (Å²) in [5, 5.41) is 12.2. The smallest absolute Gasteiger partial charge is 0.416 e. The average Bonchev–Trinajstić information content (AvgIpc) is 3.62. The van der Waals surface area contributed by atoms with E-state index in [1.807, 2.05) is 10.9 Å². The molecule has 39 heavy (non-hydrogen) atoms. The third-order valence-electron chi connectivity index (χ3n) is 7.29. The fourth-order valence-corrected chi connectivity index (χ4v) is 6.29. The number of ether oxygens (including phenoxy) is 1. The number of nitrogens with one attached hydrogen (secondary N) is 2. The van der Waals surface area contributed by atoms with Gasteiger partial charge in [-0.2, -0.15) is 13.2 Å². The minimum atomic E-state index is -4.61. The molecule has 12 heteroatoms. The van der Waals surface area contributed by atoms with Gasteiger partial charge in [-0.15, -0.1) is 5.10 Å². The number of benzene rings is 2. The summed E-state index contributed by atoms with van der Waals surface area (Å²) in [6, 6.07) is 10.6. The van der Waals surface area contributed by atoms with Gasteiger partial charge in [0.2, 0.25) is 10.0 Å². The molecule has 2 aromatic carbocycles. The molecule has 1 atom stereocenters. The van der Waals surface area contributed by atoms with Gasteiger partial charge < -0.3 is 10.1 Å². The normalized spacial score (nSPS) is 18.2. The Kier molecular flexibility index (Phi) is 8.24. The average molecular weight is 564 g/mol. The molecule has 2 heterocycles. The van der Waals surface area contributed by atoms with Crippen LogP contribution in [0.4, 0.5) is 13.2 Å². The highest BCUT2D eigenvalue weighted by Gasteiger charge is 2.31. The van der Waals surface area contributed by atoms with Gasteiger partial charge in [-0.1, -0.05) is 36.3 Å². The van der Waals surface area contributed by atoms with Gasteiger partial charge in [-0.05, 0) is 55.5 Å². The molecule has 210 valence electrons. The van der Waals surface area contributed by atoms with Crippen molar-refractivity contribution in [3.8, 4) is 5.75 Å². The summed E-state index contributed by atoms with van der Waals surface area (Å²) < 4.78 is 73.8. The summed E-state index contributed by atoms with van der Waals surface area (Å²) in [4.78, 5) is -0.418. The standard InChI is InChI=1S/C27H32F3N5O3S/c28-27(29,30)20-5-3-9-23(16-20)39(36,37)32-13-4-8-22-18-35(34-33-22)25-12-14-38-26-15-19(10-11-24(25)26)17-31-21-6-1-2-7-21/h3,5,9-11,15-16,18,21,25,31-32H,1-2,4,6-8,12-14,17H2. The van der Waals surface area contributed by atoms with Gasteiger partial charge in [-0.25, -0.2) is 17.8 Å². The molecule has 1 aromatic heterocycles. The largest absolute Gasteiger partial charge is 0.493 e. The highest BCUT2D eigenvalue weighted by molar-refractivity contribution is 7.89. The topological polar surface area (TPSA) is 98.1 Å². The van der Waals surface area contributed by atoms with Crippen LogP contribution in [0, 0.1) is 0 Å². The zero-order valence-electron chi connectivity index (χ0n) is 21.5. The maximum atomic E-state index is 12.9. The van der Waals surface area contributed by atoms with E-state index in [0.29, 0.717) is 37.3 Å². The lowest BCUT2D eigenvalue weighted by atomic mass is 9.98. The van der Waals surface area contributed by atoms with Crippen LogP contribution in [0.15, 0.2) is 53.6 Å². The summed E-state index contributed by atoms with van der Waals surface area (Å²) in [7, 11) is -4.07. The second-order valence-corrected chi connectivity index (χ2v) is 11.9. The van der Waals surface area contributed by atoms with Crippen LogP contribution in [0.5, 0.6) is 5.75 Å². The first-order valence-electron chi connectivity index (χ1n) is 13.3. The van der Waals surface area contributed by atoms with Gasteiger partial charge in [0.15, 0.2) is 0 Å². The summed E-state index contributed by atoms with van der Waals surface area (Å²) >= 11 is 0. The Morgan fingerprint density at radius 3 is 2.69 bits per heavy atom. The molecule has 1 fully saturated rings. The zero-order chi connectivity index (χ0) is 27.5. The van der Waals surface area contributed by atoms with E-state index in [4.69, 9.17) is 4.74 Å². The van der Waals surface area contributed by atoms with Crippen molar-refractivity contribution in [1.29, 1.82) is 0 Å². The monoisotopic (exact) mass is 563 g/mol. The van der Waals surface area contributed by atoms with Crippen molar-refractivity contribution >= 4 is 10.0 Å². The second kappa shape index (κ2) is 11.6. The van der Waals surface area contributed by atoms with Crippen molar-refractivity contribution in [2.45, 2.75) is 74.6 Å². The van der Waals surface area contributed by atoms with E-state index < -0.39 is 26.7 Å². The number of aromatic nitrogens is 3. The summed E-state index contributed by atoms with van der Waals surface area (Å²) in [5.41, 5.74) is 1.94. The molecule has 8 nitrogen and oxygen atoms in total. The molecule has 1 saturated carbocycles. The van der Waals surface area contributed by atoms with E-state index in [1.54, 1.807) is 0 Å². The summed E-state index contributed by atoms with van der Waals surface area (Å²) in [6.07, 6.45) is 3.94. The number of halogens is 3. The third-order valence-corrected chi connectivity index (χ3v) is 8.75. The Labute approximate surface area is 226 Å². The number of alkyl halides is 3. The van der Waals surface area contributed by atoms with Gasteiger partial charge in [0.1, 0.15) is 5.75 Å². The van der Waals surface area contributed by atoms with E-state index >= 15 is 0 Å². The van der Waals surface area contributed by atoms with Crippen molar-refractivity contribution in [3.63, 3.8) is 0 Å². The van der Waals surface area contributed by atoms with E-state index in [2.05, 4.69) is 38.6 Å². The molecule has 2 aliphatic rings. The van der Waals surface area contributed by atoms with Gasteiger partial charge in [0, 0.05) is 37.3 Å². The predicted octanol–water partition coefficient (Wildman–Crippen LogP) is 4.61. The van der Waals surface area contributed by atoms with Crippen LogP contribution < -0.4 is 14.8 Å². The Hall–Kier alpha value is -2.96. The maximum absolute atomic E-state index is 12.9. The molecule has 0 bridgehead atoms. The number of rotatable bonds is 10. The van der Waals surface area contributed by atoms with Crippen LogP contribution in [-0.4, -0.2) is 42.6 Å². The number of sulfonamides is 1. The Morgan fingerprint density at radius 1 is 1.08 bits per heavy atom.